The van der Waals surface area contributed by atoms with Gasteiger partial charge in [0, 0.05) is 18.8 Å². The number of amides is 2. The van der Waals surface area contributed by atoms with E-state index in [1.807, 2.05) is 0 Å². The van der Waals surface area contributed by atoms with Gasteiger partial charge in [0.05, 0.1) is 12.0 Å². The second-order valence-corrected chi connectivity index (χ2v) is 5.39. The summed E-state index contributed by atoms with van der Waals surface area (Å²) in [7, 11) is 0. The van der Waals surface area contributed by atoms with Crippen molar-refractivity contribution < 1.29 is 19.5 Å². The molecule has 1 fully saturated rings. The molecule has 2 aliphatic rings. The first kappa shape index (κ1) is 13.6. The Bertz CT molecular complexity index is 620. The molecule has 0 spiro atoms. The van der Waals surface area contributed by atoms with Gasteiger partial charge in [-0.1, -0.05) is 0 Å². The number of carboxylic acid groups (broad SMARTS) is 1. The standard InChI is InChI=1S/C15H16N2O4/c18-13-8-11-7-10(15(20)21)3-4-12(11)17(13)9-14(19)16-5-1-2-6-16/h3-4,7H,1-2,5-6,8-9H2,(H,20,21). The third-order valence-electron chi connectivity index (χ3n) is 4.01. The van der Waals surface area contributed by atoms with Gasteiger partial charge >= 0.3 is 5.97 Å². The van der Waals surface area contributed by atoms with E-state index in [0.717, 1.165) is 25.9 Å². The van der Waals surface area contributed by atoms with E-state index < -0.39 is 5.97 Å². The van der Waals surface area contributed by atoms with Gasteiger partial charge in [0.15, 0.2) is 0 Å². The molecular formula is C15H16N2O4. The molecule has 0 unspecified atom stereocenters. The van der Waals surface area contributed by atoms with Crippen LogP contribution >= 0.6 is 0 Å². The zero-order valence-electron chi connectivity index (χ0n) is 11.5. The molecule has 1 aromatic rings. The lowest BCUT2D eigenvalue weighted by atomic mass is 10.1. The van der Waals surface area contributed by atoms with E-state index in [9.17, 15) is 14.4 Å². The summed E-state index contributed by atoms with van der Waals surface area (Å²) in [5, 5.41) is 8.98. The summed E-state index contributed by atoms with van der Waals surface area (Å²) in [6.45, 7) is 1.55. The van der Waals surface area contributed by atoms with Crippen LogP contribution in [0.5, 0.6) is 0 Å². The highest BCUT2D eigenvalue weighted by Gasteiger charge is 2.31. The summed E-state index contributed by atoms with van der Waals surface area (Å²) in [6.07, 6.45) is 2.18. The number of hydrogen-bond donors (Lipinski definition) is 1. The first-order chi connectivity index (χ1) is 10.1. The van der Waals surface area contributed by atoms with Gasteiger partial charge in [-0.05, 0) is 36.6 Å². The number of likely N-dealkylation sites (tertiary alicyclic amines) is 1. The zero-order chi connectivity index (χ0) is 15.0. The van der Waals surface area contributed by atoms with E-state index in [1.165, 1.54) is 17.0 Å². The number of carbonyl (C=O) groups excluding carboxylic acids is 2. The number of nitrogens with zero attached hydrogens (tertiary/aromatic N) is 2. The highest BCUT2D eigenvalue weighted by atomic mass is 16.4. The van der Waals surface area contributed by atoms with Gasteiger partial charge in [0.2, 0.25) is 11.8 Å². The molecule has 0 aliphatic carbocycles. The van der Waals surface area contributed by atoms with Crippen LogP contribution in [0.15, 0.2) is 18.2 Å². The molecule has 3 rings (SSSR count). The minimum absolute atomic E-state index is 0.0399. The van der Waals surface area contributed by atoms with Crippen LogP contribution in [0.4, 0.5) is 5.69 Å². The van der Waals surface area contributed by atoms with Gasteiger partial charge in [-0.15, -0.1) is 0 Å². The largest absolute Gasteiger partial charge is 0.478 e. The lowest BCUT2D eigenvalue weighted by Crippen LogP contribution is -2.40. The number of anilines is 1. The molecule has 0 saturated carbocycles. The van der Waals surface area contributed by atoms with Crippen molar-refractivity contribution in [1.29, 1.82) is 0 Å². The van der Waals surface area contributed by atoms with Crippen LogP contribution in [-0.2, 0) is 16.0 Å². The third kappa shape index (κ3) is 2.49. The molecule has 2 aliphatic heterocycles. The summed E-state index contributed by atoms with van der Waals surface area (Å²) in [4.78, 5) is 38.4. The predicted octanol–water partition coefficient (Wildman–Crippen LogP) is 0.896. The highest BCUT2D eigenvalue weighted by molar-refractivity contribution is 6.05. The molecule has 1 aromatic carbocycles. The Morgan fingerprint density at radius 1 is 1.19 bits per heavy atom. The summed E-state index contributed by atoms with van der Waals surface area (Å²) in [5.41, 5.74) is 1.49. The number of rotatable bonds is 3. The molecule has 2 amide bonds. The van der Waals surface area contributed by atoms with Crippen molar-refractivity contribution in [1.82, 2.24) is 4.90 Å². The van der Waals surface area contributed by atoms with E-state index in [0.29, 0.717) is 11.3 Å². The van der Waals surface area contributed by atoms with Crippen molar-refractivity contribution >= 4 is 23.5 Å². The van der Waals surface area contributed by atoms with Gasteiger partial charge in [0.25, 0.3) is 0 Å². The number of carboxylic acids is 1. The minimum Gasteiger partial charge on any atom is -0.478 e. The van der Waals surface area contributed by atoms with Gasteiger partial charge in [-0.25, -0.2) is 4.79 Å². The minimum atomic E-state index is -1.02. The second kappa shape index (κ2) is 5.20. The fourth-order valence-electron chi connectivity index (χ4n) is 2.89. The molecule has 2 heterocycles. The Labute approximate surface area is 122 Å². The summed E-state index contributed by atoms with van der Waals surface area (Å²) < 4.78 is 0. The summed E-state index contributed by atoms with van der Waals surface area (Å²) in [5.74, 6) is -1.21. The van der Waals surface area contributed by atoms with Gasteiger partial charge in [-0.2, -0.15) is 0 Å². The number of hydrogen-bond acceptors (Lipinski definition) is 3. The van der Waals surface area contributed by atoms with Crippen molar-refractivity contribution in [2.75, 3.05) is 24.5 Å². The molecule has 110 valence electrons. The first-order valence-electron chi connectivity index (χ1n) is 7.00. The van der Waals surface area contributed by atoms with Crippen LogP contribution in [-0.4, -0.2) is 47.4 Å². The molecule has 6 nitrogen and oxygen atoms in total. The quantitative estimate of drug-likeness (QED) is 0.896. The van der Waals surface area contributed by atoms with E-state index in [1.54, 1.807) is 11.0 Å². The smallest absolute Gasteiger partial charge is 0.335 e. The molecule has 0 aromatic heterocycles. The third-order valence-corrected chi connectivity index (χ3v) is 4.01. The molecule has 0 atom stereocenters. The Morgan fingerprint density at radius 3 is 2.57 bits per heavy atom. The molecule has 21 heavy (non-hydrogen) atoms. The number of carbonyl (C=O) groups is 3. The first-order valence-corrected chi connectivity index (χ1v) is 7.00. The lowest BCUT2D eigenvalue weighted by Gasteiger charge is -2.21. The Morgan fingerprint density at radius 2 is 1.90 bits per heavy atom. The Hall–Kier alpha value is -2.37. The number of fused-ring (bicyclic) bond motifs is 1. The molecule has 1 N–H and O–H groups in total. The monoisotopic (exact) mass is 288 g/mol. The molecule has 1 saturated heterocycles. The van der Waals surface area contributed by atoms with E-state index in [4.69, 9.17) is 5.11 Å². The molecule has 0 radical (unpaired) electrons. The van der Waals surface area contributed by atoms with Gasteiger partial charge in [0.1, 0.15) is 6.54 Å². The Balaban J connectivity index is 1.80. The average molecular weight is 288 g/mol. The fourth-order valence-corrected chi connectivity index (χ4v) is 2.89. The lowest BCUT2D eigenvalue weighted by molar-refractivity contribution is -0.130. The van der Waals surface area contributed by atoms with Crippen LogP contribution in [0.2, 0.25) is 0 Å². The van der Waals surface area contributed by atoms with Crippen molar-refractivity contribution in [2.24, 2.45) is 0 Å². The second-order valence-electron chi connectivity index (χ2n) is 5.39. The topological polar surface area (TPSA) is 77.9 Å². The number of benzene rings is 1. The maximum absolute atomic E-state index is 12.2. The van der Waals surface area contributed by atoms with Crippen molar-refractivity contribution in [3.05, 3.63) is 29.3 Å². The van der Waals surface area contributed by atoms with Gasteiger partial charge in [-0.3, -0.25) is 9.59 Å². The van der Waals surface area contributed by atoms with Crippen molar-refractivity contribution in [3.8, 4) is 0 Å². The van der Waals surface area contributed by atoms with E-state index >= 15 is 0 Å². The normalized spacial score (nSPS) is 17.2. The maximum Gasteiger partial charge on any atom is 0.335 e. The molecular weight excluding hydrogens is 272 g/mol. The van der Waals surface area contributed by atoms with Gasteiger partial charge < -0.3 is 14.9 Å². The maximum atomic E-state index is 12.2. The fraction of sp³-hybridized carbons (Fsp3) is 0.400. The molecule has 0 bridgehead atoms. The van der Waals surface area contributed by atoms with Crippen LogP contribution in [0.1, 0.15) is 28.8 Å². The van der Waals surface area contributed by atoms with Crippen molar-refractivity contribution in [3.63, 3.8) is 0 Å². The summed E-state index contributed by atoms with van der Waals surface area (Å²) in [6, 6.07) is 4.59. The van der Waals surface area contributed by atoms with E-state index in [2.05, 4.69) is 0 Å². The zero-order valence-corrected chi connectivity index (χ0v) is 11.5. The Kier molecular flexibility index (Phi) is 3.37. The molecule has 6 heteroatoms. The predicted molar refractivity (Wildman–Crippen MR) is 75.3 cm³/mol. The SMILES string of the molecule is O=C(O)c1ccc2c(c1)CC(=O)N2CC(=O)N1CCCC1. The number of aromatic carboxylic acids is 1. The average Bonchev–Trinajstić information content (AvgIpc) is 3.07. The summed E-state index contributed by atoms with van der Waals surface area (Å²) >= 11 is 0. The van der Waals surface area contributed by atoms with Crippen LogP contribution in [0.3, 0.4) is 0 Å². The highest BCUT2D eigenvalue weighted by Crippen LogP contribution is 2.29. The van der Waals surface area contributed by atoms with Crippen LogP contribution < -0.4 is 4.90 Å². The van der Waals surface area contributed by atoms with E-state index in [-0.39, 0.29) is 30.3 Å². The van der Waals surface area contributed by atoms with Crippen molar-refractivity contribution in [2.45, 2.75) is 19.3 Å². The van der Waals surface area contributed by atoms with Crippen LogP contribution in [0.25, 0.3) is 0 Å². The van der Waals surface area contributed by atoms with Crippen LogP contribution in [0, 0.1) is 0 Å².